The van der Waals surface area contributed by atoms with Crippen LogP contribution in [0.15, 0.2) is 24.3 Å². The van der Waals surface area contributed by atoms with Gasteiger partial charge in [-0.25, -0.2) is 0 Å². The molecule has 1 amide bonds. The van der Waals surface area contributed by atoms with E-state index in [1.807, 2.05) is 0 Å². The van der Waals surface area contributed by atoms with Gasteiger partial charge in [-0.1, -0.05) is 23.7 Å². The molecule has 1 fully saturated rings. The average Bonchev–Trinajstić information content (AvgIpc) is 2.90. The van der Waals surface area contributed by atoms with Gasteiger partial charge < -0.3 is 10.4 Å². The van der Waals surface area contributed by atoms with Crippen LogP contribution in [0.2, 0.25) is 5.02 Å². The maximum Gasteiger partial charge on any atom is 0.238 e. The normalized spacial score (nSPS) is 20.7. The second kappa shape index (κ2) is 6.43. The molecule has 0 aromatic heterocycles. The van der Waals surface area contributed by atoms with Crippen molar-refractivity contribution in [3.63, 3.8) is 0 Å². The van der Waals surface area contributed by atoms with Gasteiger partial charge in [-0.05, 0) is 17.7 Å². The Morgan fingerprint density at radius 3 is 2.89 bits per heavy atom. The first-order chi connectivity index (χ1) is 8.66. The molecule has 2 atom stereocenters. The van der Waals surface area contributed by atoms with Crippen molar-refractivity contribution in [1.29, 1.82) is 0 Å². The van der Waals surface area contributed by atoms with Gasteiger partial charge in [0.05, 0.1) is 12.1 Å². The van der Waals surface area contributed by atoms with Crippen LogP contribution in [0, 0.1) is 0 Å². The molecule has 2 rings (SSSR count). The van der Waals surface area contributed by atoms with E-state index in [-0.39, 0.29) is 18.5 Å². The van der Waals surface area contributed by atoms with E-state index in [9.17, 15) is 9.90 Å². The Labute approximate surface area is 115 Å². The standard InChI is InChI=1S/C12H15ClN2O2S/c13-9-3-1-8(2-4-9)11(16)5-14-12(17)10-6-18-7-15-10/h1-4,10-11,15-16H,5-7H2,(H,14,17). The molecular weight excluding hydrogens is 272 g/mol. The van der Waals surface area contributed by atoms with Gasteiger partial charge in [0, 0.05) is 23.2 Å². The highest BCUT2D eigenvalue weighted by molar-refractivity contribution is 7.99. The molecule has 18 heavy (non-hydrogen) atoms. The lowest BCUT2D eigenvalue weighted by atomic mass is 10.1. The third kappa shape index (κ3) is 3.62. The van der Waals surface area contributed by atoms with Crippen LogP contribution in [0.4, 0.5) is 0 Å². The molecule has 3 N–H and O–H groups in total. The highest BCUT2D eigenvalue weighted by atomic mass is 35.5. The van der Waals surface area contributed by atoms with Gasteiger partial charge in [0.2, 0.25) is 5.91 Å². The molecule has 1 saturated heterocycles. The van der Waals surface area contributed by atoms with E-state index < -0.39 is 6.10 Å². The minimum Gasteiger partial charge on any atom is -0.387 e. The molecule has 4 nitrogen and oxygen atoms in total. The van der Waals surface area contributed by atoms with E-state index in [1.165, 1.54) is 0 Å². The monoisotopic (exact) mass is 286 g/mol. The molecule has 1 aliphatic heterocycles. The first kappa shape index (κ1) is 13.7. The van der Waals surface area contributed by atoms with Crippen molar-refractivity contribution in [3.05, 3.63) is 34.9 Å². The van der Waals surface area contributed by atoms with Gasteiger partial charge in [-0.15, -0.1) is 11.8 Å². The van der Waals surface area contributed by atoms with Crippen LogP contribution < -0.4 is 10.6 Å². The van der Waals surface area contributed by atoms with Crippen molar-refractivity contribution in [2.75, 3.05) is 18.2 Å². The fourth-order valence-corrected chi connectivity index (χ4v) is 2.75. The van der Waals surface area contributed by atoms with Crippen molar-refractivity contribution < 1.29 is 9.90 Å². The van der Waals surface area contributed by atoms with E-state index in [0.717, 1.165) is 17.2 Å². The first-order valence-electron chi connectivity index (χ1n) is 5.69. The molecule has 2 unspecified atom stereocenters. The number of hydrogen-bond donors (Lipinski definition) is 3. The summed E-state index contributed by atoms with van der Waals surface area (Å²) in [6, 6.07) is 6.80. The highest BCUT2D eigenvalue weighted by Crippen LogP contribution is 2.16. The van der Waals surface area contributed by atoms with Gasteiger partial charge in [0.25, 0.3) is 0 Å². The molecule has 98 valence electrons. The van der Waals surface area contributed by atoms with Gasteiger partial charge in [-0.2, -0.15) is 0 Å². The van der Waals surface area contributed by atoms with Crippen LogP contribution in [-0.4, -0.2) is 35.2 Å². The molecule has 0 aliphatic carbocycles. The maximum absolute atomic E-state index is 11.7. The largest absolute Gasteiger partial charge is 0.387 e. The third-order valence-electron chi connectivity index (χ3n) is 2.76. The zero-order chi connectivity index (χ0) is 13.0. The number of hydrogen-bond acceptors (Lipinski definition) is 4. The minimum atomic E-state index is -0.708. The van der Waals surface area contributed by atoms with Gasteiger partial charge in [0.15, 0.2) is 0 Å². The number of carbonyl (C=O) groups excluding carboxylic acids is 1. The van der Waals surface area contributed by atoms with E-state index >= 15 is 0 Å². The highest BCUT2D eigenvalue weighted by Gasteiger charge is 2.22. The topological polar surface area (TPSA) is 61.4 Å². The van der Waals surface area contributed by atoms with E-state index in [4.69, 9.17) is 11.6 Å². The smallest absolute Gasteiger partial charge is 0.238 e. The molecule has 0 radical (unpaired) electrons. The van der Waals surface area contributed by atoms with Crippen LogP contribution in [0.5, 0.6) is 0 Å². The number of rotatable bonds is 4. The molecule has 1 aliphatic rings. The molecule has 0 bridgehead atoms. The fourth-order valence-electron chi connectivity index (χ4n) is 1.69. The Morgan fingerprint density at radius 1 is 1.56 bits per heavy atom. The van der Waals surface area contributed by atoms with Crippen molar-refractivity contribution in [1.82, 2.24) is 10.6 Å². The zero-order valence-electron chi connectivity index (χ0n) is 9.73. The lowest BCUT2D eigenvalue weighted by molar-refractivity contribution is -0.122. The number of carbonyl (C=O) groups is 1. The van der Waals surface area contributed by atoms with E-state index in [2.05, 4.69) is 10.6 Å². The molecule has 0 spiro atoms. The molecular formula is C12H15ClN2O2S. The SMILES string of the molecule is O=C(NCC(O)c1ccc(Cl)cc1)C1CSCN1. The Kier molecular flexibility index (Phi) is 4.88. The minimum absolute atomic E-state index is 0.0620. The summed E-state index contributed by atoms with van der Waals surface area (Å²) in [6.07, 6.45) is -0.708. The summed E-state index contributed by atoms with van der Waals surface area (Å²) in [5.74, 6) is 1.52. The number of nitrogens with one attached hydrogen (secondary N) is 2. The Balaban J connectivity index is 1.82. The second-order valence-corrected chi connectivity index (χ2v) is 5.55. The molecule has 0 saturated carbocycles. The van der Waals surface area contributed by atoms with Crippen molar-refractivity contribution in [2.45, 2.75) is 12.1 Å². The summed E-state index contributed by atoms with van der Waals surface area (Å²) >= 11 is 7.46. The average molecular weight is 287 g/mol. The predicted octanol–water partition coefficient (Wildman–Crippen LogP) is 1.15. The van der Waals surface area contributed by atoms with Crippen LogP contribution in [0.25, 0.3) is 0 Å². The maximum atomic E-state index is 11.7. The van der Waals surface area contributed by atoms with Crippen LogP contribution in [0.1, 0.15) is 11.7 Å². The number of benzene rings is 1. The van der Waals surface area contributed by atoms with E-state index in [1.54, 1.807) is 36.0 Å². The summed E-state index contributed by atoms with van der Waals surface area (Å²) in [5, 5.41) is 16.4. The summed E-state index contributed by atoms with van der Waals surface area (Å²) in [5.41, 5.74) is 0.744. The van der Waals surface area contributed by atoms with Crippen molar-refractivity contribution in [3.8, 4) is 0 Å². The van der Waals surface area contributed by atoms with Gasteiger partial charge in [0.1, 0.15) is 0 Å². The summed E-state index contributed by atoms with van der Waals surface area (Å²) in [6.45, 7) is 0.212. The molecule has 1 aromatic carbocycles. The van der Waals surface area contributed by atoms with E-state index in [0.29, 0.717) is 5.02 Å². The van der Waals surface area contributed by atoms with Crippen LogP contribution in [-0.2, 0) is 4.79 Å². The van der Waals surface area contributed by atoms with Gasteiger partial charge in [-0.3, -0.25) is 10.1 Å². The van der Waals surface area contributed by atoms with Crippen molar-refractivity contribution >= 4 is 29.3 Å². The van der Waals surface area contributed by atoms with Gasteiger partial charge >= 0.3 is 0 Å². The third-order valence-corrected chi connectivity index (χ3v) is 3.95. The number of aliphatic hydroxyl groups excluding tert-OH is 1. The Morgan fingerprint density at radius 2 is 2.28 bits per heavy atom. The number of aliphatic hydroxyl groups is 1. The zero-order valence-corrected chi connectivity index (χ0v) is 11.3. The summed E-state index contributed by atoms with van der Waals surface area (Å²) < 4.78 is 0. The quantitative estimate of drug-likeness (QED) is 0.777. The summed E-state index contributed by atoms with van der Waals surface area (Å²) in [7, 11) is 0. The van der Waals surface area contributed by atoms with Crippen LogP contribution in [0.3, 0.4) is 0 Å². The molecule has 1 heterocycles. The fraction of sp³-hybridized carbons (Fsp3) is 0.417. The number of amides is 1. The first-order valence-corrected chi connectivity index (χ1v) is 7.22. The Hall–Kier alpha value is -0.750. The van der Waals surface area contributed by atoms with Crippen molar-refractivity contribution in [2.24, 2.45) is 0 Å². The lowest BCUT2D eigenvalue weighted by Crippen LogP contribution is -2.43. The van der Waals surface area contributed by atoms with Crippen LogP contribution >= 0.6 is 23.4 Å². The Bertz CT molecular complexity index is 407. The number of thioether (sulfide) groups is 1. The predicted molar refractivity (Wildman–Crippen MR) is 73.7 cm³/mol. The lowest BCUT2D eigenvalue weighted by Gasteiger charge is -2.14. The molecule has 6 heteroatoms. The molecule has 1 aromatic rings. The second-order valence-electron chi connectivity index (χ2n) is 4.08. The number of halogens is 1. The summed E-state index contributed by atoms with van der Waals surface area (Å²) in [4.78, 5) is 11.7.